The van der Waals surface area contributed by atoms with E-state index in [1.807, 2.05) is 27.8 Å². The summed E-state index contributed by atoms with van der Waals surface area (Å²) in [5, 5.41) is 3.69. The van der Waals surface area contributed by atoms with Crippen LogP contribution in [0.1, 0.15) is 116 Å². The van der Waals surface area contributed by atoms with Crippen LogP contribution in [0.25, 0.3) is 22.2 Å². The average molecular weight is 713 g/mol. The molecule has 1 aromatic carbocycles. The zero-order valence-electron chi connectivity index (χ0n) is 32.2. The summed E-state index contributed by atoms with van der Waals surface area (Å²) in [5.74, 6) is -1.43. The Bertz CT molecular complexity index is 1460. The fourth-order valence-corrected chi connectivity index (χ4v) is 5.49. The number of nitrogens with zero attached hydrogens (tertiary/aromatic N) is 4. The first-order valence-corrected chi connectivity index (χ1v) is 18.2. The minimum atomic E-state index is -4.97. The number of nitrogens with two attached hydrogens (primary N) is 1. The molecule has 0 aliphatic carbocycles. The van der Waals surface area contributed by atoms with Gasteiger partial charge in [0.25, 0.3) is 0 Å². The first-order valence-electron chi connectivity index (χ1n) is 18.2. The number of nitrogen functional groups attached to an aromatic ring is 1. The lowest BCUT2D eigenvalue weighted by Crippen LogP contribution is -2.31. The lowest BCUT2D eigenvalue weighted by molar-refractivity contribution is -0.137. The predicted octanol–water partition coefficient (Wildman–Crippen LogP) is 10.1. The van der Waals surface area contributed by atoms with Gasteiger partial charge in [-0.05, 0) is 90.2 Å². The second-order valence-electron chi connectivity index (χ2n) is 12.8. The number of likely N-dealkylation sites (tertiary alicyclic amines) is 1. The predicted molar refractivity (Wildman–Crippen MR) is 197 cm³/mol. The molecule has 0 radical (unpaired) electrons. The zero-order chi connectivity index (χ0) is 38.2. The Balaban J connectivity index is 0.000000761. The molecular formula is C38H61F5N6O. The second-order valence-corrected chi connectivity index (χ2v) is 12.8. The number of hydrogen-bond acceptors (Lipinski definition) is 7. The number of anilines is 1. The van der Waals surface area contributed by atoms with Gasteiger partial charge in [-0.1, -0.05) is 68.2 Å². The molecule has 0 spiro atoms. The third kappa shape index (κ3) is 12.6. The molecule has 0 saturated carbocycles. The number of nitrogens with one attached hydrogen (secondary N) is 1. The number of likely N-dealkylation sites (N-methyl/N-ethyl adjacent to an activating group) is 1. The van der Waals surface area contributed by atoms with Gasteiger partial charge < -0.3 is 20.7 Å². The zero-order valence-corrected chi connectivity index (χ0v) is 32.2. The Morgan fingerprint density at radius 1 is 1.00 bits per heavy atom. The number of halogens is 5. The number of ether oxygens (including phenoxy) is 1. The van der Waals surface area contributed by atoms with Gasteiger partial charge in [-0.3, -0.25) is 0 Å². The summed E-state index contributed by atoms with van der Waals surface area (Å²) in [7, 11) is 1.98. The maximum atomic E-state index is 16.0. The van der Waals surface area contributed by atoms with Crippen LogP contribution < -0.4 is 15.8 Å². The monoisotopic (exact) mass is 712 g/mol. The van der Waals surface area contributed by atoms with Crippen LogP contribution in [-0.2, 0) is 12.6 Å². The van der Waals surface area contributed by atoms with Crippen molar-refractivity contribution in [2.45, 2.75) is 126 Å². The van der Waals surface area contributed by atoms with E-state index in [1.165, 1.54) is 32.4 Å². The van der Waals surface area contributed by atoms with Crippen molar-refractivity contribution in [3.63, 3.8) is 0 Å². The number of fused-ring (bicyclic) bond motifs is 1. The highest BCUT2D eigenvalue weighted by Crippen LogP contribution is 2.43. The normalized spacial score (nSPS) is 14.5. The third-order valence-corrected chi connectivity index (χ3v) is 7.97. The molecule has 1 saturated heterocycles. The van der Waals surface area contributed by atoms with E-state index >= 15 is 4.39 Å². The van der Waals surface area contributed by atoms with Gasteiger partial charge in [0.05, 0.1) is 22.6 Å². The summed E-state index contributed by atoms with van der Waals surface area (Å²) in [6, 6.07) is 0.877. The highest BCUT2D eigenvalue weighted by molar-refractivity contribution is 5.88. The van der Waals surface area contributed by atoms with Crippen molar-refractivity contribution in [3.05, 3.63) is 40.2 Å². The highest BCUT2D eigenvalue weighted by atomic mass is 19.4. The number of hydrogen-bond donors (Lipinski definition) is 2. The van der Waals surface area contributed by atoms with E-state index in [0.717, 1.165) is 38.3 Å². The van der Waals surface area contributed by atoms with Crippen LogP contribution in [0.3, 0.4) is 0 Å². The smallest absolute Gasteiger partial charge is 0.417 e. The van der Waals surface area contributed by atoms with Gasteiger partial charge in [0.2, 0.25) is 0 Å². The van der Waals surface area contributed by atoms with E-state index in [4.69, 9.17) is 10.5 Å². The maximum Gasteiger partial charge on any atom is 0.417 e. The second kappa shape index (κ2) is 22.0. The van der Waals surface area contributed by atoms with Crippen LogP contribution in [0.2, 0.25) is 0 Å². The molecule has 0 bridgehead atoms. The maximum absolute atomic E-state index is 16.0. The number of alkyl halides is 3. The van der Waals surface area contributed by atoms with E-state index in [0.29, 0.717) is 36.2 Å². The molecule has 4 rings (SSSR count). The van der Waals surface area contributed by atoms with Crippen LogP contribution in [0.4, 0.5) is 27.6 Å². The molecule has 1 aliphatic heterocycles. The lowest BCUT2D eigenvalue weighted by atomic mass is 9.95. The fourth-order valence-electron chi connectivity index (χ4n) is 5.49. The number of rotatable bonds is 11. The molecule has 0 amide bonds. The fraction of sp³-hybridized carbons (Fsp3) is 0.658. The molecule has 1 unspecified atom stereocenters. The minimum absolute atomic E-state index is 0.0651. The van der Waals surface area contributed by atoms with E-state index in [-0.39, 0.29) is 17.6 Å². The molecule has 3 aromatic rings. The van der Waals surface area contributed by atoms with Gasteiger partial charge >= 0.3 is 12.2 Å². The Kier molecular flexibility index (Phi) is 19.7. The highest BCUT2D eigenvalue weighted by Gasteiger charge is 2.39. The Morgan fingerprint density at radius 2 is 1.64 bits per heavy atom. The van der Waals surface area contributed by atoms with Gasteiger partial charge in [0.15, 0.2) is 5.82 Å². The van der Waals surface area contributed by atoms with Gasteiger partial charge in [0, 0.05) is 17.0 Å². The van der Waals surface area contributed by atoms with Crippen molar-refractivity contribution >= 4 is 16.6 Å². The van der Waals surface area contributed by atoms with Crippen molar-refractivity contribution in [1.82, 2.24) is 25.2 Å². The molecular weight excluding hydrogens is 651 g/mol. The summed E-state index contributed by atoms with van der Waals surface area (Å²) in [4.78, 5) is 15.0. The van der Waals surface area contributed by atoms with Crippen LogP contribution in [-0.4, -0.2) is 59.2 Å². The van der Waals surface area contributed by atoms with Gasteiger partial charge in [-0.25, -0.2) is 13.8 Å². The number of benzene rings is 1. The van der Waals surface area contributed by atoms with E-state index in [2.05, 4.69) is 59.8 Å². The SMILES string of the molecule is CC.CCC.CCCNCCC(C)C.CCCc1nc(-c2cc(N)c(F)c(C)c2C(F)(F)F)c(F)c2nc(OCC3CCCN3C)nc(C)c12. The first kappa shape index (κ1) is 44.9. The summed E-state index contributed by atoms with van der Waals surface area (Å²) in [5.41, 5.74) is 2.40. The van der Waals surface area contributed by atoms with Crippen LogP contribution >= 0.6 is 0 Å². The molecule has 1 atom stereocenters. The Morgan fingerprint density at radius 3 is 2.16 bits per heavy atom. The molecule has 7 nitrogen and oxygen atoms in total. The van der Waals surface area contributed by atoms with Gasteiger partial charge in [-0.15, -0.1) is 0 Å². The molecule has 3 heterocycles. The van der Waals surface area contributed by atoms with Crippen LogP contribution in [0, 0.1) is 31.4 Å². The third-order valence-electron chi connectivity index (χ3n) is 7.97. The largest absolute Gasteiger partial charge is 0.462 e. The van der Waals surface area contributed by atoms with Gasteiger partial charge in [0.1, 0.15) is 23.6 Å². The molecule has 1 fully saturated rings. The summed E-state index contributed by atoms with van der Waals surface area (Å²) in [6.45, 7) is 23.0. The van der Waals surface area contributed by atoms with Crippen molar-refractivity contribution in [2.24, 2.45) is 5.92 Å². The summed E-state index contributed by atoms with van der Waals surface area (Å²) >= 11 is 0. The molecule has 3 N–H and O–H groups in total. The van der Waals surface area contributed by atoms with Crippen molar-refractivity contribution in [2.75, 3.05) is 39.0 Å². The standard InChI is InChI=1S/C25H28F5N5O.C8H19N.C3H8.C2H6/c1-5-7-17-18-13(3)32-24(36-11-14-8-6-9-35(14)4)34-23(18)21(27)22(33-17)15-10-16(31)20(26)12(2)19(15)25(28,29)30;1-4-6-9-7-5-8(2)3;1-3-2;1-2/h10,14H,5-9,11,31H2,1-4H3;8-9H,4-7H2,1-3H3;3H2,1-2H3;1-2H3. The first-order chi connectivity index (χ1) is 23.6. The van der Waals surface area contributed by atoms with Gasteiger partial charge in [-0.2, -0.15) is 23.1 Å². The number of aromatic nitrogens is 3. The molecule has 12 heteroatoms. The van der Waals surface area contributed by atoms with E-state index in [1.54, 1.807) is 6.92 Å². The molecule has 284 valence electrons. The van der Waals surface area contributed by atoms with Crippen LogP contribution in [0.15, 0.2) is 6.07 Å². The number of aryl methyl sites for hydroxylation is 2. The summed E-state index contributed by atoms with van der Waals surface area (Å²) < 4.78 is 78.1. The van der Waals surface area contributed by atoms with Crippen molar-refractivity contribution in [3.8, 4) is 17.3 Å². The van der Waals surface area contributed by atoms with Crippen LogP contribution in [0.5, 0.6) is 6.01 Å². The topological polar surface area (TPSA) is 89.2 Å². The quantitative estimate of drug-likeness (QED) is 0.116. The van der Waals surface area contributed by atoms with Crippen molar-refractivity contribution < 1.29 is 26.7 Å². The lowest BCUT2D eigenvalue weighted by Gasteiger charge is -2.20. The average Bonchev–Trinajstić information content (AvgIpc) is 3.47. The Labute approximate surface area is 297 Å². The molecule has 1 aliphatic rings. The van der Waals surface area contributed by atoms with E-state index in [9.17, 15) is 17.6 Å². The number of pyridine rings is 1. The molecule has 50 heavy (non-hydrogen) atoms. The van der Waals surface area contributed by atoms with Crippen molar-refractivity contribution in [1.29, 1.82) is 0 Å². The summed E-state index contributed by atoms with van der Waals surface area (Å²) in [6.07, 6.45) is 1.75. The molecule has 2 aromatic heterocycles. The van der Waals surface area contributed by atoms with E-state index < -0.39 is 45.9 Å². The minimum Gasteiger partial charge on any atom is -0.462 e. The Hall–Kier alpha value is -3.12.